The van der Waals surface area contributed by atoms with Crippen LogP contribution in [-0.2, 0) is 4.79 Å². The summed E-state index contributed by atoms with van der Waals surface area (Å²) >= 11 is 0. The number of amides is 1. The van der Waals surface area contributed by atoms with E-state index >= 15 is 0 Å². The molecule has 5 nitrogen and oxygen atoms in total. The van der Waals surface area contributed by atoms with Crippen LogP contribution in [0.1, 0.15) is 23.6 Å². The first-order chi connectivity index (χ1) is 12.3. The monoisotopic (exact) mass is 335 g/mol. The smallest absolute Gasteiger partial charge is 0.221 e. The lowest BCUT2D eigenvalue weighted by Crippen LogP contribution is -2.34. The topological polar surface area (TPSA) is 65.4 Å². The molecule has 2 aromatic rings. The maximum atomic E-state index is 12.0. The van der Waals surface area contributed by atoms with Crippen molar-refractivity contribution in [2.24, 2.45) is 0 Å². The van der Waals surface area contributed by atoms with Crippen LogP contribution in [-0.4, -0.2) is 37.0 Å². The van der Waals surface area contributed by atoms with Crippen LogP contribution in [0.4, 0.5) is 0 Å². The Morgan fingerprint density at radius 3 is 2.72 bits per heavy atom. The van der Waals surface area contributed by atoms with Gasteiger partial charge >= 0.3 is 0 Å². The number of hydrogen-bond donors (Lipinski definition) is 1. The fourth-order valence-corrected chi connectivity index (χ4v) is 3.10. The van der Waals surface area contributed by atoms with Crippen LogP contribution in [0, 0.1) is 11.3 Å². The zero-order valence-corrected chi connectivity index (χ0v) is 14.0. The summed E-state index contributed by atoms with van der Waals surface area (Å²) in [5.41, 5.74) is 1.67. The van der Waals surface area contributed by atoms with Gasteiger partial charge in [0.25, 0.3) is 0 Å². The highest BCUT2D eigenvalue weighted by atomic mass is 16.5. The van der Waals surface area contributed by atoms with E-state index in [1.54, 1.807) is 12.1 Å². The average molecular weight is 335 g/mol. The minimum absolute atomic E-state index is 0.0403. The summed E-state index contributed by atoms with van der Waals surface area (Å²) in [7, 11) is 0. The lowest BCUT2D eigenvalue weighted by molar-refractivity contribution is -0.121. The van der Waals surface area contributed by atoms with Crippen molar-refractivity contribution in [1.82, 2.24) is 10.2 Å². The van der Waals surface area contributed by atoms with Gasteiger partial charge in [0.05, 0.1) is 5.56 Å². The van der Waals surface area contributed by atoms with Gasteiger partial charge in [-0.2, -0.15) is 5.26 Å². The second-order valence-corrected chi connectivity index (χ2v) is 5.97. The molecule has 5 heteroatoms. The molecule has 3 rings (SSSR count). The number of benzene rings is 2. The molecule has 0 radical (unpaired) electrons. The maximum Gasteiger partial charge on any atom is 0.221 e. The molecule has 1 atom stereocenters. The second-order valence-electron chi connectivity index (χ2n) is 5.97. The summed E-state index contributed by atoms with van der Waals surface area (Å²) in [6.45, 7) is 2.57. The zero-order chi connectivity index (χ0) is 17.5. The lowest BCUT2D eigenvalue weighted by Gasteiger charge is -2.29. The minimum atomic E-state index is 0.0403. The summed E-state index contributed by atoms with van der Waals surface area (Å²) in [4.78, 5) is 14.3. The Labute approximate surface area is 147 Å². The van der Waals surface area contributed by atoms with Gasteiger partial charge in [0.15, 0.2) is 0 Å². The molecule has 1 fully saturated rings. The van der Waals surface area contributed by atoms with Crippen molar-refractivity contribution in [2.75, 3.05) is 26.2 Å². The van der Waals surface area contributed by atoms with Crippen molar-refractivity contribution in [3.8, 4) is 11.8 Å². The Hall–Kier alpha value is -2.84. The van der Waals surface area contributed by atoms with E-state index in [1.807, 2.05) is 30.3 Å². The molecule has 0 aliphatic carbocycles. The predicted molar refractivity (Wildman–Crippen MR) is 95.0 cm³/mol. The van der Waals surface area contributed by atoms with Gasteiger partial charge in [-0.3, -0.25) is 9.69 Å². The quantitative estimate of drug-likeness (QED) is 0.912. The summed E-state index contributed by atoms with van der Waals surface area (Å²) < 4.78 is 5.81. The van der Waals surface area contributed by atoms with E-state index < -0.39 is 0 Å². The van der Waals surface area contributed by atoms with E-state index in [0.29, 0.717) is 37.4 Å². The van der Waals surface area contributed by atoms with Gasteiger partial charge in [-0.05, 0) is 17.7 Å². The number of ether oxygens (including phenoxy) is 1. The highest BCUT2D eigenvalue weighted by molar-refractivity contribution is 5.77. The number of carbonyl (C=O) groups is 1. The molecule has 25 heavy (non-hydrogen) atoms. The summed E-state index contributed by atoms with van der Waals surface area (Å²) in [6, 6.07) is 19.5. The van der Waals surface area contributed by atoms with Gasteiger partial charge in [-0.15, -0.1) is 0 Å². The zero-order valence-electron chi connectivity index (χ0n) is 14.0. The lowest BCUT2D eigenvalue weighted by atomic mass is 10.0. The number of rotatable bonds is 5. The highest BCUT2D eigenvalue weighted by Crippen LogP contribution is 2.25. The summed E-state index contributed by atoms with van der Waals surface area (Å²) in [6.07, 6.45) is 0.443. The fraction of sp³-hybridized carbons (Fsp3) is 0.300. The van der Waals surface area contributed by atoms with E-state index in [4.69, 9.17) is 10.00 Å². The SMILES string of the molecule is N#Cc1ccccc1OCCN1CCNC(=O)CC1c1ccccc1. The van der Waals surface area contributed by atoms with E-state index in [2.05, 4.69) is 28.4 Å². The van der Waals surface area contributed by atoms with Gasteiger partial charge in [0.2, 0.25) is 5.91 Å². The van der Waals surface area contributed by atoms with Crippen molar-refractivity contribution >= 4 is 5.91 Å². The first-order valence-electron chi connectivity index (χ1n) is 8.45. The van der Waals surface area contributed by atoms with Crippen LogP contribution in [0.2, 0.25) is 0 Å². The Kier molecular flexibility index (Phi) is 5.65. The normalized spacial score (nSPS) is 18.0. The second kappa shape index (κ2) is 8.32. The molecule has 2 aromatic carbocycles. The molecule has 1 saturated heterocycles. The molecule has 1 unspecified atom stereocenters. The number of carbonyl (C=O) groups excluding carboxylic acids is 1. The first-order valence-corrected chi connectivity index (χ1v) is 8.45. The van der Waals surface area contributed by atoms with E-state index in [0.717, 1.165) is 12.1 Å². The third-order valence-corrected chi connectivity index (χ3v) is 4.37. The number of para-hydroxylation sites is 1. The predicted octanol–water partition coefficient (Wildman–Crippen LogP) is 2.50. The van der Waals surface area contributed by atoms with Crippen LogP contribution < -0.4 is 10.1 Å². The Morgan fingerprint density at radius 1 is 1.16 bits per heavy atom. The highest BCUT2D eigenvalue weighted by Gasteiger charge is 2.25. The van der Waals surface area contributed by atoms with E-state index in [-0.39, 0.29) is 11.9 Å². The third kappa shape index (κ3) is 4.37. The Balaban J connectivity index is 1.68. The third-order valence-electron chi connectivity index (χ3n) is 4.37. The van der Waals surface area contributed by atoms with Crippen molar-refractivity contribution in [3.05, 3.63) is 65.7 Å². The molecule has 1 heterocycles. The van der Waals surface area contributed by atoms with Gasteiger partial charge in [0, 0.05) is 32.1 Å². The maximum absolute atomic E-state index is 12.0. The van der Waals surface area contributed by atoms with Gasteiger partial charge in [0.1, 0.15) is 18.4 Å². The van der Waals surface area contributed by atoms with E-state index in [9.17, 15) is 4.79 Å². The number of nitrogens with zero attached hydrogens (tertiary/aromatic N) is 2. The van der Waals surface area contributed by atoms with Crippen molar-refractivity contribution in [2.45, 2.75) is 12.5 Å². The molecule has 1 aliphatic rings. The minimum Gasteiger partial charge on any atom is -0.491 e. The number of nitrogens with one attached hydrogen (secondary N) is 1. The number of nitriles is 1. The van der Waals surface area contributed by atoms with E-state index in [1.165, 1.54) is 0 Å². The molecule has 1 amide bonds. The largest absolute Gasteiger partial charge is 0.491 e. The van der Waals surface area contributed by atoms with Gasteiger partial charge in [-0.25, -0.2) is 0 Å². The van der Waals surface area contributed by atoms with Crippen molar-refractivity contribution < 1.29 is 9.53 Å². The van der Waals surface area contributed by atoms with Crippen LogP contribution >= 0.6 is 0 Å². The van der Waals surface area contributed by atoms with Crippen LogP contribution in [0.3, 0.4) is 0 Å². The molecule has 0 spiro atoms. The number of hydrogen-bond acceptors (Lipinski definition) is 4. The average Bonchev–Trinajstić information content (AvgIpc) is 2.84. The molecule has 128 valence electrons. The van der Waals surface area contributed by atoms with Crippen molar-refractivity contribution in [3.63, 3.8) is 0 Å². The summed E-state index contributed by atoms with van der Waals surface area (Å²) in [5.74, 6) is 0.678. The van der Waals surface area contributed by atoms with Crippen LogP contribution in [0.5, 0.6) is 5.75 Å². The first kappa shape index (κ1) is 17.0. The molecular weight excluding hydrogens is 314 g/mol. The van der Waals surface area contributed by atoms with Crippen molar-refractivity contribution in [1.29, 1.82) is 5.26 Å². The molecule has 1 N–H and O–H groups in total. The Bertz CT molecular complexity index is 755. The summed E-state index contributed by atoms with van der Waals surface area (Å²) in [5, 5.41) is 12.1. The van der Waals surface area contributed by atoms with Crippen LogP contribution in [0.15, 0.2) is 54.6 Å². The standard InChI is InChI=1S/C20H21N3O2/c21-15-17-8-4-5-9-19(17)25-13-12-23-11-10-22-20(24)14-18(23)16-6-2-1-3-7-16/h1-9,18H,10-14H2,(H,22,24). The molecular formula is C20H21N3O2. The van der Waals surface area contributed by atoms with Gasteiger partial charge in [-0.1, -0.05) is 42.5 Å². The van der Waals surface area contributed by atoms with Gasteiger partial charge < -0.3 is 10.1 Å². The molecule has 1 aliphatic heterocycles. The fourth-order valence-electron chi connectivity index (χ4n) is 3.10. The Morgan fingerprint density at radius 2 is 1.92 bits per heavy atom. The molecule has 0 aromatic heterocycles. The van der Waals surface area contributed by atoms with Crippen LogP contribution in [0.25, 0.3) is 0 Å². The molecule has 0 bridgehead atoms. The molecule has 0 saturated carbocycles.